The van der Waals surface area contributed by atoms with E-state index in [4.69, 9.17) is 0 Å². The van der Waals surface area contributed by atoms with Crippen molar-refractivity contribution < 1.29 is 13.6 Å². The van der Waals surface area contributed by atoms with E-state index in [0.29, 0.717) is 5.56 Å². The normalized spacial score (nSPS) is 26.6. The van der Waals surface area contributed by atoms with Crippen molar-refractivity contribution in [2.45, 2.75) is 32.6 Å². The van der Waals surface area contributed by atoms with Gasteiger partial charge in [0.05, 0.1) is 11.8 Å². The molecule has 86 valence electrons. The van der Waals surface area contributed by atoms with E-state index < -0.39 is 23.5 Å². The van der Waals surface area contributed by atoms with Gasteiger partial charge in [0.1, 0.15) is 5.78 Å². The van der Waals surface area contributed by atoms with Crippen LogP contribution >= 0.6 is 0 Å². The molecule has 2 unspecified atom stereocenters. The lowest BCUT2D eigenvalue weighted by Gasteiger charge is -2.03. The number of Topliss-reactive ketones (excluding diaryl/α,β-unsaturated/α-hetero) is 1. The zero-order valence-corrected chi connectivity index (χ0v) is 9.55. The van der Waals surface area contributed by atoms with E-state index in [0.717, 1.165) is 11.1 Å². The van der Waals surface area contributed by atoms with Crippen LogP contribution in [-0.2, 0) is 4.79 Å². The number of hydrogen-bond donors (Lipinski definition) is 0. The van der Waals surface area contributed by atoms with Crippen LogP contribution in [0.15, 0.2) is 18.2 Å². The van der Waals surface area contributed by atoms with Crippen LogP contribution in [0.4, 0.5) is 8.78 Å². The van der Waals surface area contributed by atoms with Gasteiger partial charge in [-0.2, -0.15) is 0 Å². The predicted molar refractivity (Wildman–Crippen MR) is 57.8 cm³/mol. The van der Waals surface area contributed by atoms with E-state index in [2.05, 4.69) is 0 Å². The summed E-state index contributed by atoms with van der Waals surface area (Å²) in [7, 11) is 0. The minimum Gasteiger partial charge on any atom is -0.299 e. The maximum absolute atomic E-state index is 13.4. The zero-order valence-electron chi connectivity index (χ0n) is 9.55. The summed E-state index contributed by atoms with van der Waals surface area (Å²) in [5.74, 6) is -5.31. The van der Waals surface area contributed by atoms with Crippen molar-refractivity contribution in [2.24, 2.45) is 5.92 Å². The van der Waals surface area contributed by atoms with Crippen LogP contribution in [0.2, 0.25) is 0 Å². The van der Waals surface area contributed by atoms with Gasteiger partial charge in [-0.15, -0.1) is 0 Å². The molecule has 3 heteroatoms. The van der Waals surface area contributed by atoms with E-state index in [1.165, 1.54) is 6.92 Å². The molecule has 0 spiro atoms. The lowest BCUT2D eigenvalue weighted by Crippen LogP contribution is -2.01. The van der Waals surface area contributed by atoms with Gasteiger partial charge in [0.25, 0.3) is 5.92 Å². The highest BCUT2D eigenvalue weighted by Crippen LogP contribution is 2.61. The average Bonchev–Trinajstić information content (AvgIpc) is 2.74. The first kappa shape index (κ1) is 11.2. The molecule has 1 fully saturated rings. The van der Waals surface area contributed by atoms with Crippen LogP contribution in [0.5, 0.6) is 0 Å². The summed E-state index contributed by atoms with van der Waals surface area (Å²) in [5, 5.41) is 0. The highest BCUT2D eigenvalue weighted by atomic mass is 19.3. The van der Waals surface area contributed by atoms with Crippen molar-refractivity contribution in [3.63, 3.8) is 0 Å². The molecule has 0 aliphatic heterocycles. The Balaban J connectivity index is 2.33. The zero-order chi connectivity index (χ0) is 12.1. The Kier molecular flexibility index (Phi) is 2.37. The maximum Gasteiger partial charge on any atom is 0.266 e. The molecule has 0 amide bonds. The van der Waals surface area contributed by atoms with Crippen LogP contribution in [0.1, 0.15) is 29.5 Å². The van der Waals surface area contributed by atoms with Gasteiger partial charge < -0.3 is 0 Å². The molecule has 2 atom stereocenters. The van der Waals surface area contributed by atoms with Crippen molar-refractivity contribution in [3.05, 3.63) is 34.9 Å². The minimum absolute atomic E-state index is 0.423. The second-order valence-electron chi connectivity index (χ2n) is 4.58. The number of hydrogen-bond acceptors (Lipinski definition) is 1. The monoisotopic (exact) mass is 224 g/mol. The lowest BCUT2D eigenvalue weighted by molar-refractivity contribution is -0.120. The van der Waals surface area contributed by atoms with Crippen molar-refractivity contribution in [3.8, 4) is 0 Å². The van der Waals surface area contributed by atoms with Crippen molar-refractivity contribution in [1.82, 2.24) is 0 Å². The third-order valence-electron chi connectivity index (χ3n) is 3.38. The van der Waals surface area contributed by atoms with E-state index in [-0.39, 0.29) is 0 Å². The number of carbonyl (C=O) groups excluding carboxylic acids is 1. The fourth-order valence-corrected chi connectivity index (χ4v) is 2.21. The fourth-order valence-electron chi connectivity index (χ4n) is 2.21. The first-order valence-electron chi connectivity index (χ1n) is 5.31. The number of ketones is 1. The molecule has 1 aliphatic carbocycles. The maximum atomic E-state index is 13.4. The van der Waals surface area contributed by atoms with E-state index in [9.17, 15) is 13.6 Å². The van der Waals surface area contributed by atoms with Crippen LogP contribution in [0.3, 0.4) is 0 Å². The Labute approximate surface area is 93.5 Å². The molecule has 1 nitrogen and oxygen atoms in total. The average molecular weight is 224 g/mol. The Morgan fingerprint density at radius 1 is 1.25 bits per heavy atom. The Morgan fingerprint density at radius 3 is 2.31 bits per heavy atom. The predicted octanol–water partition coefficient (Wildman–Crippen LogP) is 3.24. The Hall–Kier alpha value is -1.25. The summed E-state index contributed by atoms with van der Waals surface area (Å²) < 4.78 is 26.8. The highest BCUT2D eigenvalue weighted by molar-refractivity contribution is 5.85. The van der Waals surface area contributed by atoms with E-state index in [1.54, 1.807) is 12.1 Å². The van der Waals surface area contributed by atoms with Crippen LogP contribution < -0.4 is 0 Å². The molecule has 0 N–H and O–H groups in total. The van der Waals surface area contributed by atoms with Gasteiger partial charge >= 0.3 is 0 Å². The summed E-state index contributed by atoms with van der Waals surface area (Å²) in [6.45, 7) is 5.06. The van der Waals surface area contributed by atoms with Crippen molar-refractivity contribution in [1.29, 1.82) is 0 Å². The van der Waals surface area contributed by atoms with Gasteiger partial charge in [-0.1, -0.05) is 18.2 Å². The van der Waals surface area contributed by atoms with E-state index >= 15 is 0 Å². The summed E-state index contributed by atoms with van der Waals surface area (Å²) in [6, 6.07) is 5.29. The molecule has 1 saturated carbocycles. The summed E-state index contributed by atoms with van der Waals surface area (Å²) in [4.78, 5) is 11.1. The lowest BCUT2D eigenvalue weighted by atomic mass is 10.0. The second-order valence-corrected chi connectivity index (χ2v) is 4.58. The van der Waals surface area contributed by atoms with Gasteiger partial charge in [0.2, 0.25) is 0 Å². The third-order valence-corrected chi connectivity index (χ3v) is 3.38. The van der Waals surface area contributed by atoms with Crippen molar-refractivity contribution >= 4 is 5.78 Å². The fraction of sp³-hybridized carbons (Fsp3) is 0.462. The van der Waals surface area contributed by atoms with Gasteiger partial charge in [-0.3, -0.25) is 4.79 Å². The summed E-state index contributed by atoms with van der Waals surface area (Å²) >= 11 is 0. The highest BCUT2D eigenvalue weighted by Gasteiger charge is 2.70. The molecule has 2 rings (SSSR count). The molecule has 0 radical (unpaired) electrons. The minimum atomic E-state index is -2.85. The first-order chi connectivity index (χ1) is 7.35. The van der Waals surface area contributed by atoms with Gasteiger partial charge in [-0.05, 0) is 37.5 Å². The Morgan fingerprint density at radius 2 is 1.88 bits per heavy atom. The number of alkyl halides is 2. The molecular formula is C13H14F2O. The molecule has 0 saturated heterocycles. The van der Waals surface area contributed by atoms with Gasteiger partial charge in [0, 0.05) is 0 Å². The SMILES string of the molecule is CC(=O)C1C(c2ccc(C)c(C)c2)C1(F)F. The standard InChI is InChI=1S/C13H14F2O/c1-7-4-5-10(6-8(7)2)12-11(9(3)16)13(12,14)15/h4-6,11-12H,1-3H3. The molecule has 1 aromatic carbocycles. The number of halogens is 2. The van der Waals surface area contributed by atoms with Crippen LogP contribution in [0.25, 0.3) is 0 Å². The van der Waals surface area contributed by atoms with Crippen molar-refractivity contribution in [2.75, 3.05) is 0 Å². The topological polar surface area (TPSA) is 17.1 Å². The quantitative estimate of drug-likeness (QED) is 0.753. The van der Waals surface area contributed by atoms with Gasteiger partial charge in [0.15, 0.2) is 0 Å². The van der Waals surface area contributed by atoms with Crippen LogP contribution in [-0.4, -0.2) is 11.7 Å². The molecular weight excluding hydrogens is 210 g/mol. The molecule has 0 aromatic heterocycles. The number of carbonyl (C=O) groups is 1. The molecule has 0 heterocycles. The summed E-state index contributed by atoms with van der Waals surface area (Å²) in [6.07, 6.45) is 0. The number of aryl methyl sites for hydroxylation is 2. The number of rotatable bonds is 2. The molecule has 16 heavy (non-hydrogen) atoms. The van der Waals surface area contributed by atoms with Gasteiger partial charge in [-0.25, -0.2) is 8.78 Å². The number of benzene rings is 1. The van der Waals surface area contributed by atoms with E-state index in [1.807, 2.05) is 19.9 Å². The second kappa shape index (κ2) is 3.37. The molecule has 1 aromatic rings. The Bertz CT molecular complexity index is 451. The third kappa shape index (κ3) is 1.55. The first-order valence-corrected chi connectivity index (χ1v) is 5.31. The largest absolute Gasteiger partial charge is 0.299 e. The smallest absolute Gasteiger partial charge is 0.266 e. The molecule has 1 aliphatic rings. The summed E-state index contributed by atoms with van der Waals surface area (Å²) in [5.41, 5.74) is 2.64. The van der Waals surface area contributed by atoms with Crippen LogP contribution in [0, 0.1) is 19.8 Å². The molecule has 0 bridgehead atoms.